The lowest BCUT2D eigenvalue weighted by Crippen LogP contribution is -2.40. The van der Waals surface area contributed by atoms with Crippen LogP contribution in [0.15, 0.2) is 42.7 Å². The first-order valence-electron chi connectivity index (χ1n) is 11.3. The SMILES string of the molecule is CC(=O)NCCn1ncc2cc(F)c(-c3cccc4c3cnn4CC(=O)NCC(=O)NCC(=O)O)cc21. The molecule has 0 atom stereocenters. The number of amides is 3. The minimum absolute atomic E-state index is 0.151. The second-order valence-corrected chi connectivity index (χ2v) is 8.23. The van der Waals surface area contributed by atoms with Crippen LogP contribution in [0.2, 0.25) is 0 Å². The Kier molecular flexibility index (Phi) is 7.41. The Balaban J connectivity index is 1.55. The molecule has 0 fully saturated rings. The molecule has 4 aromatic rings. The van der Waals surface area contributed by atoms with Crippen LogP contribution in [0.3, 0.4) is 0 Å². The number of carbonyl (C=O) groups is 4. The van der Waals surface area contributed by atoms with E-state index in [0.717, 1.165) is 0 Å². The molecule has 3 amide bonds. The van der Waals surface area contributed by atoms with Gasteiger partial charge in [-0.2, -0.15) is 10.2 Å². The average Bonchev–Trinajstić information content (AvgIpc) is 3.44. The first-order valence-corrected chi connectivity index (χ1v) is 11.3. The van der Waals surface area contributed by atoms with Crippen LogP contribution in [0.5, 0.6) is 0 Å². The van der Waals surface area contributed by atoms with Crippen molar-refractivity contribution in [2.75, 3.05) is 19.6 Å². The molecule has 37 heavy (non-hydrogen) atoms. The summed E-state index contributed by atoms with van der Waals surface area (Å²) >= 11 is 0. The number of halogens is 1. The molecule has 12 nitrogen and oxygen atoms in total. The van der Waals surface area contributed by atoms with E-state index < -0.39 is 30.1 Å². The second kappa shape index (κ2) is 10.8. The maximum atomic E-state index is 15.1. The molecule has 0 spiro atoms. The molecule has 4 N–H and O–H groups in total. The highest BCUT2D eigenvalue weighted by atomic mass is 19.1. The van der Waals surface area contributed by atoms with Gasteiger partial charge in [-0.1, -0.05) is 12.1 Å². The van der Waals surface area contributed by atoms with E-state index in [-0.39, 0.29) is 19.0 Å². The van der Waals surface area contributed by atoms with E-state index in [1.54, 1.807) is 35.1 Å². The number of aliphatic carboxylic acids is 1. The third-order valence-corrected chi connectivity index (χ3v) is 5.58. The molecule has 4 rings (SSSR count). The normalized spacial score (nSPS) is 11.0. The summed E-state index contributed by atoms with van der Waals surface area (Å²) in [6.45, 7) is 1.11. The van der Waals surface area contributed by atoms with Gasteiger partial charge in [0.1, 0.15) is 18.9 Å². The van der Waals surface area contributed by atoms with Gasteiger partial charge in [-0.25, -0.2) is 4.39 Å². The van der Waals surface area contributed by atoms with Crippen LogP contribution >= 0.6 is 0 Å². The minimum Gasteiger partial charge on any atom is -0.480 e. The maximum absolute atomic E-state index is 15.1. The molecule has 0 saturated heterocycles. The predicted molar refractivity (Wildman–Crippen MR) is 131 cm³/mol. The first kappa shape index (κ1) is 25.3. The van der Waals surface area contributed by atoms with Gasteiger partial charge in [0.05, 0.1) is 36.5 Å². The van der Waals surface area contributed by atoms with Crippen molar-refractivity contribution in [3.63, 3.8) is 0 Å². The maximum Gasteiger partial charge on any atom is 0.322 e. The zero-order chi connectivity index (χ0) is 26.5. The van der Waals surface area contributed by atoms with Crippen LogP contribution in [-0.2, 0) is 32.3 Å². The van der Waals surface area contributed by atoms with E-state index in [4.69, 9.17) is 5.11 Å². The van der Waals surface area contributed by atoms with Crippen molar-refractivity contribution in [2.24, 2.45) is 0 Å². The average molecular weight is 509 g/mol. The number of hydrogen-bond acceptors (Lipinski definition) is 6. The van der Waals surface area contributed by atoms with Crippen molar-refractivity contribution in [3.05, 3.63) is 48.5 Å². The standard InChI is InChI=1S/C24H24FN7O5/c1-14(33)26-5-6-31-21-8-17(19(25)7-15(21)9-29-31)16-3-2-4-20-18(16)10-30-32(20)13-23(35)27-11-22(34)28-12-24(36)37/h2-4,7-10H,5-6,11-13H2,1H3,(H,26,33)(H,27,35)(H,28,34)(H,36,37). The monoisotopic (exact) mass is 509 g/mol. The number of carbonyl (C=O) groups excluding carboxylic acids is 3. The van der Waals surface area contributed by atoms with Gasteiger partial charge >= 0.3 is 5.97 Å². The van der Waals surface area contributed by atoms with Crippen LogP contribution in [0.1, 0.15) is 6.92 Å². The number of rotatable bonds is 10. The topological polar surface area (TPSA) is 160 Å². The highest BCUT2D eigenvalue weighted by Crippen LogP contribution is 2.33. The van der Waals surface area contributed by atoms with Gasteiger partial charge in [0, 0.05) is 29.8 Å². The van der Waals surface area contributed by atoms with Crippen LogP contribution in [0, 0.1) is 5.82 Å². The Morgan fingerprint density at radius 1 is 0.919 bits per heavy atom. The van der Waals surface area contributed by atoms with Crippen molar-refractivity contribution in [2.45, 2.75) is 20.0 Å². The van der Waals surface area contributed by atoms with Gasteiger partial charge in [0.15, 0.2) is 0 Å². The van der Waals surface area contributed by atoms with E-state index >= 15 is 4.39 Å². The van der Waals surface area contributed by atoms with E-state index in [9.17, 15) is 19.2 Å². The number of aromatic nitrogens is 4. The zero-order valence-electron chi connectivity index (χ0n) is 19.8. The Bertz CT molecular complexity index is 1510. The molecule has 0 bridgehead atoms. The van der Waals surface area contributed by atoms with Gasteiger partial charge in [-0.05, 0) is 23.8 Å². The smallest absolute Gasteiger partial charge is 0.322 e. The number of carboxylic acid groups (broad SMARTS) is 1. The summed E-state index contributed by atoms with van der Waals surface area (Å²) in [6.07, 6.45) is 3.10. The lowest BCUT2D eigenvalue weighted by Gasteiger charge is -2.09. The van der Waals surface area contributed by atoms with Gasteiger partial charge in [-0.3, -0.25) is 28.5 Å². The van der Waals surface area contributed by atoms with Crippen LogP contribution in [0.25, 0.3) is 32.9 Å². The van der Waals surface area contributed by atoms with Crippen molar-refractivity contribution < 1.29 is 28.7 Å². The zero-order valence-corrected chi connectivity index (χ0v) is 19.8. The summed E-state index contributed by atoms with van der Waals surface area (Å²) in [6, 6.07) is 8.32. The highest BCUT2D eigenvalue weighted by Gasteiger charge is 2.16. The lowest BCUT2D eigenvalue weighted by atomic mass is 10.00. The van der Waals surface area contributed by atoms with Gasteiger partial charge < -0.3 is 21.1 Å². The summed E-state index contributed by atoms with van der Waals surface area (Å²) in [5, 5.41) is 25.7. The molecule has 13 heteroatoms. The predicted octanol–water partition coefficient (Wildman–Crippen LogP) is 0.645. The summed E-state index contributed by atoms with van der Waals surface area (Å²) in [5.41, 5.74) is 2.19. The van der Waals surface area contributed by atoms with Crippen LogP contribution in [0.4, 0.5) is 4.39 Å². The van der Waals surface area contributed by atoms with E-state index in [0.29, 0.717) is 46.0 Å². The summed E-state index contributed by atoms with van der Waals surface area (Å²) in [5.74, 6) is -2.92. The molecule has 0 aliphatic carbocycles. The second-order valence-electron chi connectivity index (χ2n) is 8.23. The van der Waals surface area contributed by atoms with E-state index in [1.807, 2.05) is 0 Å². The summed E-state index contributed by atoms with van der Waals surface area (Å²) in [7, 11) is 0. The van der Waals surface area contributed by atoms with E-state index in [1.165, 1.54) is 23.9 Å². The number of hydrogen-bond donors (Lipinski definition) is 4. The molecule has 2 aromatic heterocycles. The quantitative estimate of drug-likeness (QED) is 0.244. The van der Waals surface area contributed by atoms with Crippen molar-refractivity contribution in [1.82, 2.24) is 35.5 Å². The molecule has 2 aromatic carbocycles. The van der Waals surface area contributed by atoms with Gasteiger partial charge in [-0.15, -0.1) is 0 Å². The molecule has 0 unspecified atom stereocenters. The molecule has 0 saturated carbocycles. The van der Waals surface area contributed by atoms with Crippen molar-refractivity contribution in [1.29, 1.82) is 0 Å². The van der Waals surface area contributed by atoms with Crippen LogP contribution in [-0.4, -0.2) is 68.0 Å². The molecular formula is C24H24FN7O5. The first-order chi connectivity index (χ1) is 17.7. The number of carboxylic acids is 1. The van der Waals surface area contributed by atoms with Gasteiger partial charge in [0.25, 0.3) is 0 Å². The Hall–Kier alpha value is -4.81. The third kappa shape index (κ3) is 5.89. The fourth-order valence-electron chi connectivity index (χ4n) is 3.89. The number of fused-ring (bicyclic) bond motifs is 2. The Labute approximate surface area is 209 Å². The fourth-order valence-corrected chi connectivity index (χ4v) is 3.89. The molecule has 2 heterocycles. The Morgan fingerprint density at radius 3 is 2.43 bits per heavy atom. The van der Waals surface area contributed by atoms with Crippen molar-refractivity contribution in [3.8, 4) is 11.1 Å². The lowest BCUT2D eigenvalue weighted by molar-refractivity contribution is -0.137. The van der Waals surface area contributed by atoms with Gasteiger partial charge in [0.2, 0.25) is 17.7 Å². The summed E-state index contributed by atoms with van der Waals surface area (Å²) < 4.78 is 18.3. The Morgan fingerprint density at radius 2 is 1.68 bits per heavy atom. The minimum atomic E-state index is -1.19. The largest absolute Gasteiger partial charge is 0.480 e. The summed E-state index contributed by atoms with van der Waals surface area (Å²) in [4.78, 5) is 45.6. The third-order valence-electron chi connectivity index (χ3n) is 5.58. The van der Waals surface area contributed by atoms with Crippen LogP contribution < -0.4 is 16.0 Å². The molecule has 0 radical (unpaired) electrons. The van der Waals surface area contributed by atoms with Crippen molar-refractivity contribution >= 4 is 45.5 Å². The number of nitrogens with one attached hydrogen (secondary N) is 3. The molecule has 0 aliphatic heterocycles. The molecule has 0 aliphatic rings. The molecular weight excluding hydrogens is 485 g/mol. The highest BCUT2D eigenvalue weighted by molar-refractivity contribution is 5.97. The molecule has 192 valence electrons. The number of nitrogens with zero attached hydrogens (tertiary/aromatic N) is 4. The van der Waals surface area contributed by atoms with E-state index in [2.05, 4.69) is 26.1 Å². The number of benzene rings is 2. The fraction of sp³-hybridized carbons (Fsp3) is 0.250.